The van der Waals surface area contributed by atoms with Gasteiger partial charge in [-0.25, -0.2) is 0 Å². The van der Waals surface area contributed by atoms with Crippen LogP contribution in [-0.4, -0.2) is 26.5 Å². The van der Waals surface area contributed by atoms with Crippen molar-refractivity contribution in [2.75, 3.05) is 0 Å². The van der Waals surface area contributed by atoms with Crippen molar-refractivity contribution in [3.63, 3.8) is 0 Å². The Morgan fingerprint density at radius 1 is 1.09 bits per heavy atom. The van der Waals surface area contributed by atoms with E-state index in [1.54, 1.807) is 0 Å². The first-order valence-corrected chi connectivity index (χ1v) is 12.1. The molecule has 0 spiro atoms. The molecule has 0 bridgehead atoms. The molecule has 2 saturated carbocycles. The van der Waals surface area contributed by atoms with Crippen molar-refractivity contribution in [1.29, 1.82) is 0 Å². The van der Waals surface area contributed by atoms with Crippen LogP contribution in [0.4, 0.5) is 0 Å². The molecule has 0 saturated heterocycles. The molecule has 1 N–H and O–H groups in total. The van der Waals surface area contributed by atoms with Gasteiger partial charge in [-0.1, -0.05) is 0 Å². The van der Waals surface area contributed by atoms with Crippen molar-refractivity contribution in [1.82, 2.24) is 0 Å². The fraction of sp³-hybridized carbons (Fsp3) is 0.700. The summed E-state index contributed by atoms with van der Waals surface area (Å²) >= 11 is 6.58. The van der Waals surface area contributed by atoms with E-state index >= 15 is 0 Å². The normalized spacial score (nSPS) is 24.1. The molecule has 0 amide bonds. The predicted octanol–water partition coefficient (Wildman–Crippen LogP) is 5.99. The topological polar surface area (TPSA) is 20.2 Å². The monoisotopic (exact) mass is 395 g/mol. The molecular formula is C20H29AsClO. The van der Waals surface area contributed by atoms with Gasteiger partial charge in [-0.3, -0.25) is 0 Å². The second-order valence-electron chi connectivity index (χ2n) is 7.43. The first-order valence-electron chi connectivity index (χ1n) is 9.32. The fourth-order valence-electron chi connectivity index (χ4n) is 4.34. The number of benzene rings is 1. The van der Waals surface area contributed by atoms with Crippen molar-refractivity contribution in [3.8, 4) is 0 Å². The first-order chi connectivity index (χ1) is 11.2. The zero-order valence-corrected chi connectivity index (χ0v) is 16.6. The summed E-state index contributed by atoms with van der Waals surface area (Å²) in [6.07, 6.45) is 12.7. The molecular weight excluding hydrogens is 367 g/mol. The summed E-state index contributed by atoms with van der Waals surface area (Å²) in [4.78, 5) is 0. The predicted molar refractivity (Wildman–Crippen MR) is 99.6 cm³/mol. The SMILES string of the molecule is OC1(C(C[As]C2CCCCC2)c2cccc(Cl)c2)CCCCC1. The van der Waals surface area contributed by atoms with Crippen molar-refractivity contribution in [2.45, 2.75) is 85.6 Å². The zero-order chi connectivity index (χ0) is 16.1. The molecule has 1 aromatic rings. The molecule has 1 unspecified atom stereocenters. The molecule has 1 nitrogen and oxygen atoms in total. The Bertz CT molecular complexity index is 492. The number of hydrogen-bond acceptors (Lipinski definition) is 1. The Kier molecular flexibility index (Phi) is 6.52. The van der Waals surface area contributed by atoms with E-state index < -0.39 is 5.60 Å². The molecule has 0 heterocycles. The van der Waals surface area contributed by atoms with Gasteiger partial charge in [-0.15, -0.1) is 0 Å². The Balaban J connectivity index is 1.75. The summed E-state index contributed by atoms with van der Waals surface area (Å²) in [7, 11) is 0. The van der Waals surface area contributed by atoms with Gasteiger partial charge in [-0.2, -0.15) is 0 Å². The van der Waals surface area contributed by atoms with Gasteiger partial charge in [0.2, 0.25) is 0 Å². The van der Waals surface area contributed by atoms with Crippen LogP contribution in [0.3, 0.4) is 0 Å². The van der Waals surface area contributed by atoms with E-state index in [2.05, 4.69) is 12.1 Å². The number of aliphatic hydroxyl groups is 1. The number of rotatable bonds is 5. The van der Waals surface area contributed by atoms with Gasteiger partial charge >= 0.3 is 153 Å². The van der Waals surface area contributed by atoms with Gasteiger partial charge in [0.25, 0.3) is 0 Å². The molecule has 3 rings (SSSR count). The molecule has 1 atom stereocenters. The van der Waals surface area contributed by atoms with Crippen molar-refractivity contribution >= 4 is 27.4 Å². The Hall–Kier alpha value is 0.0284. The summed E-state index contributed by atoms with van der Waals surface area (Å²) in [6, 6.07) is 8.28. The number of halogens is 1. The summed E-state index contributed by atoms with van der Waals surface area (Å²) in [5, 5.41) is 13.4. The maximum absolute atomic E-state index is 11.4. The average Bonchev–Trinajstić information content (AvgIpc) is 2.56. The average molecular weight is 396 g/mol. The van der Waals surface area contributed by atoms with Gasteiger partial charge < -0.3 is 0 Å². The van der Waals surface area contributed by atoms with Gasteiger partial charge in [0, 0.05) is 0 Å². The van der Waals surface area contributed by atoms with E-state index in [0.29, 0.717) is 21.7 Å². The molecule has 3 heteroatoms. The maximum atomic E-state index is 11.4. The van der Waals surface area contributed by atoms with E-state index in [1.807, 2.05) is 12.1 Å². The van der Waals surface area contributed by atoms with Crippen LogP contribution in [0.25, 0.3) is 0 Å². The van der Waals surface area contributed by atoms with Gasteiger partial charge in [0.1, 0.15) is 0 Å². The van der Waals surface area contributed by atoms with E-state index in [-0.39, 0.29) is 0 Å². The summed E-state index contributed by atoms with van der Waals surface area (Å²) in [5.41, 5.74) is 0.778. The molecule has 2 aliphatic rings. The van der Waals surface area contributed by atoms with Gasteiger partial charge in [-0.05, 0) is 0 Å². The zero-order valence-electron chi connectivity index (χ0n) is 14.0. The summed E-state index contributed by atoms with van der Waals surface area (Å²) < 4.78 is 0.967. The molecule has 0 aliphatic heterocycles. The minimum absolute atomic E-state index is 0.295. The summed E-state index contributed by atoms with van der Waals surface area (Å²) in [6.45, 7) is 0. The molecule has 2 fully saturated rings. The van der Waals surface area contributed by atoms with E-state index in [0.717, 1.165) is 22.6 Å². The van der Waals surface area contributed by atoms with Crippen LogP contribution in [0.2, 0.25) is 14.9 Å². The summed E-state index contributed by atoms with van der Waals surface area (Å²) in [5.74, 6) is 0.295. The Morgan fingerprint density at radius 2 is 1.78 bits per heavy atom. The minimum atomic E-state index is -0.493. The van der Waals surface area contributed by atoms with Crippen LogP contribution in [0.15, 0.2) is 24.3 Å². The third-order valence-corrected chi connectivity index (χ3v) is 9.35. The molecule has 1 aromatic carbocycles. The van der Waals surface area contributed by atoms with E-state index in [4.69, 9.17) is 11.6 Å². The molecule has 127 valence electrons. The molecule has 23 heavy (non-hydrogen) atoms. The first kappa shape index (κ1) is 17.8. The van der Waals surface area contributed by atoms with Gasteiger partial charge in [0.05, 0.1) is 0 Å². The second-order valence-corrected chi connectivity index (χ2v) is 10.9. The Labute approximate surface area is 152 Å². The molecule has 1 radical (unpaired) electrons. The van der Waals surface area contributed by atoms with Crippen molar-refractivity contribution in [3.05, 3.63) is 34.9 Å². The Morgan fingerprint density at radius 3 is 2.48 bits per heavy atom. The van der Waals surface area contributed by atoms with E-state index in [9.17, 15) is 5.11 Å². The second kappa shape index (κ2) is 8.41. The van der Waals surface area contributed by atoms with Crippen LogP contribution in [0.5, 0.6) is 0 Å². The van der Waals surface area contributed by atoms with Gasteiger partial charge in [0.15, 0.2) is 0 Å². The van der Waals surface area contributed by atoms with Crippen LogP contribution in [0, 0.1) is 0 Å². The standard InChI is InChI=1S/C20H29AsClO/c22-18-11-7-8-16(14-18)19(20(23)12-5-2-6-13-20)15-21-17-9-3-1-4-10-17/h7-8,11,14,17,19,23H,1-6,9-10,12-13,15H2. The van der Waals surface area contributed by atoms with Crippen LogP contribution in [-0.2, 0) is 0 Å². The van der Waals surface area contributed by atoms with Crippen molar-refractivity contribution < 1.29 is 5.11 Å². The fourth-order valence-corrected chi connectivity index (χ4v) is 8.29. The van der Waals surface area contributed by atoms with E-state index in [1.165, 1.54) is 62.1 Å². The van der Waals surface area contributed by atoms with Crippen LogP contribution in [0.1, 0.15) is 75.7 Å². The molecule has 0 aromatic heterocycles. The molecule has 2 aliphatic carbocycles. The van der Waals surface area contributed by atoms with Crippen LogP contribution < -0.4 is 0 Å². The quantitative estimate of drug-likeness (QED) is 0.607. The third-order valence-electron chi connectivity index (χ3n) is 5.74. The third kappa shape index (κ3) is 4.77. The van der Waals surface area contributed by atoms with Crippen molar-refractivity contribution in [2.24, 2.45) is 0 Å². The van der Waals surface area contributed by atoms with Crippen LogP contribution >= 0.6 is 11.6 Å². The number of hydrogen-bond donors (Lipinski definition) is 1.